The molecular formula is C28H37N5O3. The Morgan fingerprint density at radius 2 is 1.92 bits per heavy atom. The van der Waals surface area contributed by atoms with Gasteiger partial charge in [0.1, 0.15) is 5.84 Å². The van der Waals surface area contributed by atoms with Crippen molar-refractivity contribution in [3.63, 3.8) is 0 Å². The van der Waals surface area contributed by atoms with Crippen LogP contribution in [0.15, 0.2) is 53.0 Å². The van der Waals surface area contributed by atoms with Gasteiger partial charge in [-0.15, -0.1) is 0 Å². The SMILES string of the molecule is CCCN(CCCOCCCN)C(=O)C1=Cc2ccc(C(=O)Nc3cccc(C)c3)cc2N=C(N)C1. The van der Waals surface area contributed by atoms with Gasteiger partial charge in [0.2, 0.25) is 5.91 Å². The summed E-state index contributed by atoms with van der Waals surface area (Å²) in [6, 6.07) is 12.9. The summed E-state index contributed by atoms with van der Waals surface area (Å²) in [5.41, 5.74) is 15.9. The summed E-state index contributed by atoms with van der Waals surface area (Å²) in [7, 11) is 0. The molecule has 2 aromatic carbocycles. The van der Waals surface area contributed by atoms with Crippen molar-refractivity contribution in [3.8, 4) is 0 Å². The summed E-state index contributed by atoms with van der Waals surface area (Å²) in [6.45, 7) is 7.12. The van der Waals surface area contributed by atoms with E-state index >= 15 is 0 Å². The van der Waals surface area contributed by atoms with E-state index in [1.807, 2.05) is 55.2 Å². The molecule has 0 saturated heterocycles. The van der Waals surface area contributed by atoms with Crippen LogP contribution in [0.1, 0.15) is 54.1 Å². The molecule has 1 heterocycles. The van der Waals surface area contributed by atoms with Gasteiger partial charge in [-0.25, -0.2) is 4.99 Å². The van der Waals surface area contributed by atoms with Crippen LogP contribution in [-0.2, 0) is 9.53 Å². The number of benzene rings is 2. The van der Waals surface area contributed by atoms with Gasteiger partial charge in [-0.2, -0.15) is 0 Å². The maximum absolute atomic E-state index is 13.4. The highest BCUT2D eigenvalue weighted by Gasteiger charge is 2.21. The first-order chi connectivity index (χ1) is 17.4. The van der Waals surface area contributed by atoms with E-state index in [1.165, 1.54) is 0 Å². The number of ether oxygens (including phenoxy) is 1. The third kappa shape index (κ3) is 7.76. The molecular weight excluding hydrogens is 454 g/mol. The molecule has 36 heavy (non-hydrogen) atoms. The van der Waals surface area contributed by atoms with E-state index in [4.69, 9.17) is 16.2 Å². The van der Waals surface area contributed by atoms with Gasteiger partial charge >= 0.3 is 0 Å². The Morgan fingerprint density at radius 1 is 1.11 bits per heavy atom. The lowest BCUT2D eigenvalue weighted by atomic mass is 10.0. The van der Waals surface area contributed by atoms with Crippen LogP contribution in [0.25, 0.3) is 6.08 Å². The molecule has 0 unspecified atom stereocenters. The molecule has 3 rings (SSSR count). The number of hydrogen-bond acceptors (Lipinski definition) is 6. The van der Waals surface area contributed by atoms with Gasteiger partial charge in [0.25, 0.3) is 5.91 Å². The van der Waals surface area contributed by atoms with Crippen LogP contribution in [-0.4, -0.2) is 55.4 Å². The predicted molar refractivity (Wildman–Crippen MR) is 145 cm³/mol. The molecule has 2 amide bonds. The van der Waals surface area contributed by atoms with Crippen molar-refractivity contribution in [2.24, 2.45) is 16.5 Å². The van der Waals surface area contributed by atoms with Crippen LogP contribution in [0.4, 0.5) is 11.4 Å². The van der Waals surface area contributed by atoms with Crippen LogP contribution >= 0.6 is 0 Å². The van der Waals surface area contributed by atoms with Crippen molar-refractivity contribution in [2.45, 2.75) is 39.5 Å². The molecule has 0 aliphatic carbocycles. The lowest BCUT2D eigenvalue weighted by Gasteiger charge is -2.23. The normalized spacial score (nSPS) is 12.8. The fourth-order valence-corrected chi connectivity index (χ4v) is 4.03. The van der Waals surface area contributed by atoms with Crippen LogP contribution in [0.3, 0.4) is 0 Å². The number of amides is 2. The van der Waals surface area contributed by atoms with Crippen LogP contribution in [0, 0.1) is 6.92 Å². The summed E-state index contributed by atoms with van der Waals surface area (Å²) >= 11 is 0. The van der Waals surface area contributed by atoms with Crippen molar-refractivity contribution in [3.05, 3.63) is 64.7 Å². The van der Waals surface area contributed by atoms with Crippen molar-refractivity contribution in [2.75, 3.05) is 38.2 Å². The number of carbonyl (C=O) groups excluding carboxylic acids is 2. The van der Waals surface area contributed by atoms with Gasteiger partial charge in [-0.1, -0.05) is 25.1 Å². The molecule has 0 aromatic heterocycles. The predicted octanol–water partition coefficient (Wildman–Crippen LogP) is 4.02. The van der Waals surface area contributed by atoms with E-state index in [2.05, 4.69) is 10.3 Å². The van der Waals surface area contributed by atoms with E-state index in [9.17, 15) is 9.59 Å². The highest BCUT2D eigenvalue weighted by molar-refractivity contribution is 6.07. The minimum atomic E-state index is -0.232. The second-order valence-corrected chi connectivity index (χ2v) is 8.95. The van der Waals surface area contributed by atoms with Crippen molar-refractivity contribution >= 4 is 35.1 Å². The number of anilines is 1. The second kappa shape index (κ2) is 13.6. The van der Waals surface area contributed by atoms with Crippen molar-refractivity contribution in [1.82, 2.24) is 4.90 Å². The summed E-state index contributed by atoms with van der Waals surface area (Å²) in [4.78, 5) is 32.6. The Labute approximate surface area is 213 Å². The van der Waals surface area contributed by atoms with E-state index in [0.29, 0.717) is 55.5 Å². The number of carbonyl (C=O) groups is 2. The van der Waals surface area contributed by atoms with E-state index in [1.54, 1.807) is 12.1 Å². The first-order valence-corrected chi connectivity index (χ1v) is 12.5. The Kier molecular flexibility index (Phi) is 10.2. The standard InChI is InChI=1S/C28H37N5O3/c1-3-12-33(13-6-15-36-14-5-11-29)28(35)23-17-21-9-10-22(18-25(21)32-26(30)19-23)27(34)31-24-8-4-7-20(2)16-24/h4,7-10,16-18H,3,5-6,11-15,19,29H2,1-2H3,(H2,30,32)(H,31,34). The van der Waals surface area contributed by atoms with Gasteiger partial charge in [-0.3, -0.25) is 9.59 Å². The monoisotopic (exact) mass is 491 g/mol. The fraction of sp³-hybridized carbons (Fsp3) is 0.393. The number of nitrogens with zero attached hydrogens (tertiary/aromatic N) is 2. The number of aryl methyl sites for hydroxylation is 1. The van der Waals surface area contributed by atoms with Crippen LogP contribution < -0.4 is 16.8 Å². The molecule has 192 valence electrons. The van der Waals surface area contributed by atoms with Gasteiger partial charge in [0.15, 0.2) is 0 Å². The van der Waals surface area contributed by atoms with E-state index in [-0.39, 0.29) is 18.2 Å². The highest BCUT2D eigenvalue weighted by atomic mass is 16.5. The zero-order chi connectivity index (χ0) is 25.9. The maximum Gasteiger partial charge on any atom is 0.255 e. The number of amidine groups is 1. The van der Waals surface area contributed by atoms with Crippen LogP contribution in [0.2, 0.25) is 0 Å². The molecule has 0 bridgehead atoms. The molecule has 0 fully saturated rings. The molecule has 1 aliphatic heterocycles. The summed E-state index contributed by atoms with van der Waals surface area (Å²) < 4.78 is 5.58. The quantitative estimate of drug-likeness (QED) is 0.387. The molecule has 5 N–H and O–H groups in total. The number of hydrogen-bond donors (Lipinski definition) is 3. The molecule has 2 aromatic rings. The van der Waals surface area contributed by atoms with E-state index in [0.717, 1.165) is 36.1 Å². The molecule has 0 radical (unpaired) electrons. The Bertz CT molecular complexity index is 1130. The number of rotatable bonds is 12. The Morgan fingerprint density at radius 3 is 2.67 bits per heavy atom. The molecule has 8 nitrogen and oxygen atoms in total. The highest BCUT2D eigenvalue weighted by Crippen LogP contribution is 2.29. The summed E-state index contributed by atoms with van der Waals surface area (Å²) in [6.07, 6.45) is 4.53. The lowest BCUT2D eigenvalue weighted by Crippen LogP contribution is -2.35. The number of fused-ring (bicyclic) bond motifs is 1. The van der Waals surface area contributed by atoms with Gasteiger partial charge in [0.05, 0.1) is 5.69 Å². The number of aliphatic imine (C=N–C) groups is 1. The first kappa shape index (κ1) is 27.1. The average Bonchev–Trinajstić information content (AvgIpc) is 3.02. The molecule has 0 saturated carbocycles. The fourth-order valence-electron chi connectivity index (χ4n) is 4.03. The second-order valence-electron chi connectivity index (χ2n) is 8.95. The Balaban J connectivity index is 1.74. The molecule has 8 heteroatoms. The number of nitrogens with two attached hydrogens (primary N) is 2. The molecule has 1 aliphatic rings. The van der Waals surface area contributed by atoms with Crippen LogP contribution in [0.5, 0.6) is 0 Å². The van der Waals surface area contributed by atoms with Crippen molar-refractivity contribution < 1.29 is 14.3 Å². The van der Waals surface area contributed by atoms with Crippen molar-refractivity contribution in [1.29, 1.82) is 0 Å². The minimum absolute atomic E-state index is 0.0499. The van der Waals surface area contributed by atoms with E-state index < -0.39 is 0 Å². The largest absolute Gasteiger partial charge is 0.387 e. The average molecular weight is 492 g/mol. The lowest BCUT2D eigenvalue weighted by molar-refractivity contribution is -0.127. The molecule has 0 atom stereocenters. The van der Waals surface area contributed by atoms with Gasteiger partial charge < -0.3 is 26.4 Å². The number of nitrogens with one attached hydrogen (secondary N) is 1. The van der Waals surface area contributed by atoms with Gasteiger partial charge in [-0.05, 0) is 68.6 Å². The topological polar surface area (TPSA) is 123 Å². The summed E-state index contributed by atoms with van der Waals surface area (Å²) in [5, 5.41) is 2.91. The maximum atomic E-state index is 13.4. The molecule has 0 spiro atoms. The summed E-state index contributed by atoms with van der Waals surface area (Å²) in [5.74, 6) is 0.0572. The first-order valence-electron chi connectivity index (χ1n) is 12.5. The third-order valence-electron chi connectivity index (χ3n) is 5.80. The third-order valence-corrected chi connectivity index (χ3v) is 5.80. The zero-order valence-corrected chi connectivity index (χ0v) is 21.3. The Hall–Kier alpha value is -3.49. The van der Waals surface area contributed by atoms with Gasteiger partial charge in [0, 0.05) is 55.1 Å². The zero-order valence-electron chi connectivity index (χ0n) is 21.3. The minimum Gasteiger partial charge on any atom is -0.387 e. The smallest absolute Gasteiger partial charge is 0.255 e.